The smallest absolute Gasteiger partial charge is 0.352 e. The lowest BCUT2D eigenvalue weighted by molar-refractivity contribution is 0.307. The lowest BCUT2D eigenvalue weighted by atomic mass is 9.81. The van der Waals surface area contributed by atoms with E-state index in [4.69, 9.17) is 9.47 Å². The quantitative estimate of drug-likeness (QED) is 0.0380. The number of phenols is 2. The average Bonchev–Trinajstić information content (AvgIpc) is 3.28. The van der Waals surface area contributed by atoms with Gasteiger partial charge in [-0.15, -0.1) is 0 Å². The number of rotatable bonds is 14. The van der Waals surface area contributed by atoms with Crippen LogP contribution >= 0.6 is 15.2 Å². The highest BCUT2D eigenvalue weighted by Crippen LogP contribution is 2.54. The Hall–Kier alpha value is -5.58. The van der Waals surface area contributed by atoms with Crippen molar-refractivity contribution in [3.8, 4) is 23.0 Å². The molecule has 0 aliphatic heterocycles. The molecule has 0 amide bonds. The molecule has 1 aliphatic carbocycles. The normalized spacial score (nSPS) is 14.1. The van der Waals surface area contributed by atoms with Crippen molar-refractivity contribution < 1.29 is 48.4 Å². The van der Waals surface area contributed by atoms with Crippen molar-refractivity contribution >= 4 is 26.6 Å². The van der Waals surface area contributed by atoms with Crippen LogP contribution in [0, 0.1) is 0 Å². The molecule has 6 aromatic carbocycles. The van der Waals surface area contributed by atoms with E-state index in [-0.39, 0.29) is 41.6 Å². The summed E-state index contributed by atoms with van der Waals surface area (Å²) in [4.78, 5) is 43.1. The van der Waals surface area contributed by atoms with Gasteiger partial charge in [0.25, 0.3) is 0 Å². The van der Waals surface area contributed by atoms with E-state index in [2.05, 4.69) is 76.4 Å². The van der Waals surface area contributed by atoms with E-state index in [1.165, 1.54) is 0 Å². The summed E-state index contributed by atoms with van der Waals surface area (Å²) >= 11 is 0. The molecule has 0 radical (unpaired) electrons. The second-order valence-corrected chi connectivity index (χ2v) is 23.9. The van der Waals surface area contributed by atoms with Crippen molar-refractivity contribution in [2.24, 2.45) is 0 Å². The summed E-state index contributed by atoms with van der Waals surface area (Å²) in [6, 6.07) is 32.1. The minimum atomic E-state index is -4.84. The summed E-state index contributed by atoms with van der Waals surface area (Å²) in [5, 5.41) is 31.2. The van der Waals surface area contributed by atoms with E-state index in [1.54, 1.807) is 84.9 Å². The Kier molecular flexibility index (Phi) is 15.7. The minimum Gasteiger partial charge on any atom is -0.507 e. The Balaban J connectivity index is 1.55. The molecule has 14 heteroatoms. The molecule has 0 saturated heterocycles. The molecule has 6 aromatic rings. The van der Waals surface area contributed by atoms with E-state index in [9.17, 15) is 38.9 Å². The first-order chi connectivity index (χ1) is 32.9. The van der Waals surface area contributed by atoms with Gasteiger partial charge >= 0.3 is 15.2 Å². The van der Waals surface area contributed by atoms with Crippen LogP contribution in [0.25, 0.3) is 0 Å². The van der Waals surface area contributed by atoms with Crippen LogP contribution in [-0.2, 0) is 45.6 Å². The SMILES string of the molecule is CCCOc1c2cc(C(C)(C)C)cc1Cc1cc(C(C)(C)C)cc(c1OCCC)Cc1cc(NC(c3ccccc3)P(=O)(O)O)cc(c1O)Cc1cc(NC(c3ccccc3)P(=O)(O)O)cc(c1O)C2. The first-order valence-corrected chi connectivity index (χ1v) is 27.3. The molecule has 372 valence electrons. The van der Waals surface area contributed by atoms with Crippen molar-refractivity contribution in [1.29, 1.82) is 0 Å². The lowest BCUT2D eigenvalue weighted by Gasteiger charge is -2.28. The number of aromatic hydroxyl groups is 2. The topological polar surface area (TPSA) is 198 Å². The predicted octanol–water partition coefficient (Wildman–Crippen LogP) is 12.5. The third-order valence-electron chi connectivity index (χ3n) is 12.7. The van der Waals surface area contributed by atoms with Gasteiger partial charge in [0.2, 0.25) is 0 Å². The average molecular weight is 991 g/mol. The third-order valence-corrected chi connectivity index (χ3v) is 14.9. The molecule has 8 bridgehead atoms. The highest BCUT2D eigenvalue weighted by atomic mass is 31.2. The van der Waals surface area contributed by atoms with E-state index in [0.717, 1.165) is 46.2 Å². The summed E-state index contributed by atoms with van der Waals surface area (Å²) < 4.78 is 40.0. The zero-order valence-corrected chi connectivity index (χ0v) is 43.2. The molecule has 0 saturated carbocycles. The van der Waals surface area contributed by atoms with Crippen molar-refractivity contribution in [1.82, 2.24) is 0 Å². The summed E-state index contributed by atoms with van der Waals surface area (Å²) in [5.74, 6) is -1.72. The lowest BCUT2D eigenvalue weighted by Crippen LogP contribution is -2.16. The van der Waals surface area contributed by atoms with Crippen molar-refractivity contribution in [2.45, 2.75) is 116 Å². The first kappa shape index (κ1) is 52.2. The van der Waals surface area contributed by atoms with Gasteiger partial charge in [-0.25, -0.2) is 0 Å². The van der Waals surface area contributed by atoms with Crippen LogP contribution in [0.15, 0.2) is 109 Å². The zero-order valence-electron chi connectivity index (χ0n) is 41.4. The molecule has 1 aliphatic rings. The molecule has 2 unspecified atom stereocenters. The first-order valence-electron chi connectivity index (χ1n) is 24.0. The highest BCUT2D eigenvalue weighted by Gasteiger charge is 2.33. The standard InChI is InChI=1S/C56H68N2O10P2/c1-9-21-67-51-41-24-39-33-47(57-53(69(61,62)63)35-17-13-11-14-18-35)31-37(49(39)59)23-38-32-48(58-54(70(64,65)66)36-19-15-12-16-20-36)34-40(50(38)60)25-42-28-46(56(6,7)8)30-44(52(42)68-22-10-2)26-43(51)29-45(27-41)55(3,4)5/h11-20,27-34,53-54,57-60H,9-10,21-26H2,1-8H3,(H2,61,62,63)(H2,64,65,66). The second kappa shape index (κ2) is 21.0. The number of nitrogens with one attached hydrogen (secondary N) is 2. The number of hydrogen-bond acceptors (Lipinski definition) is 8. The Morgan fingerprint density at radius 2 is 0.771 bits per heavy atom. The van der Waals surface area contributed by atoms with Gasteiger partial charge in [0.1, 0.15) is 23.0 Å². The minimum absolute atomic E-state index is 0.0961. The molecule has 8 N–H and O–H groups in total. The van der Waals surface area contributed by atoms with Crippen LogP contribution in [0.3, 0.4) is 0 Å². The van der Waals surface area contributed by atoms with E-state index < -0.39 is 26.8 Å². The Morgan fingerprint density at radius 3 is 1.04 bits per heavy atom. The van der Waals surface area contributed by atoms with Gasteiger partial charge in [-0.1, -0.05) is 140 Å². The number of fused-ring (bicyclic) bond motifs is 8. The number of anilines is 2. The summed E-state index contributed by atoms with van der Waals surface area (Å²) in [5.41, 5.74) is 7.80. The van der Waals surface area contributed by atoms with Gasteiger partial charge in [0.05, 0.1) is 13.2 Å². The fourth-order valence-electron chi connectivity index (χ4n) is 9.04. The number of hydrogen-bond donors (Lipinski definition) is 8. The monoisotopic (exact) mass is 990 g/mol. The maximum atomic E-state index is 13.2. The molecule has 12 nitrogen and oxygen atoms in total. The van der Waals surface area contributed by atoms with Crippen molar-refractivity contribution in [3.05, 3.63) is 176 Å². The van der Waals surface area contributed by atoms with Gasteiger partial charge in [0, 0.05) is 59.3 Å². The van der Waals surface area contributed by atoms with Gasteiger partial charge < -0.3 is 49.9 Å². The van der Waals surface area contributed by atoms with Crippen LogP contribution in [0.2, 0.25) is 0 Å². The Bertz CT molecular complexity index is 2720. The Morgan fingerprint density at radius 1 is 0.486 bits per heavy atom. The maximum Gasteiger partial charge on any atom is 0.352 e. The Labute approximate surface area is 412 Å². The molecule has 70 heavy (non-hydrogen) atoms. The zero-order chi connectivity index (χ0) is 50.8. The highest BCUT2D eigenvalue weighted by molar-refractivity contribution is 7.52. The van der Waals surface area contributed by atoms with Crippen molar-refractivity contribution in [3.63, 3.8) is 0 Å². The number of benzene rings is 6. The summed E-state index contributed by atoms with van der Waals surface area (Å²) in [6.07, 6.45) is 2.10. The number of ether oxygens (including phenoxy) is 2. The largest absolute Gasteiger partial charge is 0.507 e. The van der Waals surface area contributed by atoms with Crippen LogP contribution in [-0.4, -0.2) is 43.0 Å². The van der Waals surface area contributed by atoms with Gasteiger partial charge in [0.15, 0.2) is 11.6 Å². The van der Waals surface area contributed by atoms with Gasteiger partial charge in [-0.3, -0.25) is 9.13 Å². The van der Waals surface area contributed by atoms with Gasteiger partial charge in [-0.2, -0.15) is 0 Å². The molecule has 7 rings (SSSR count). The van der Waals surface area contributed by atoms with Crippen molar-refractivity contribution in [2.75, 3.05) is 23.8 Å². The van der Waals surface area contributed by atoms with Crippen LogP contribution < -0.4 is 20.1 Å². The fourth-order valence-corrected chi connectivity index (χ4v) is 10.8. The molecule has 2 atom stereocenters. The molecule has 0 aromatic heterocycles. The van der Waals surface area contributed by atoms with Crippen LogP contribution in [0.5, 0.6) is 23.0 Å². The van der Waals surface area contributed by atoms with Gasteiger partial charge in [-0.05, 0) is 92.4 Å². The van der Waals surface area contributed by atoms with Crippen LogP contribution in [0.4, 0.5) is 11.4 Å². The molecule has 0 fully saturated rings. The maximum absolute atomic E-state index is 13.2. The molecular weight excluding hydrogens is 923 g/mol. The predicted molar refractivity (Wildman–Crippen MR) is 279 cm³/mol. The van der Waals surface area contributed by atoms with Crippen LogP contribution in [0.1, 0.15) is 147 Å². The number of phenolic OH excluding ortho intramolecular Hbond substituents is 2. The molecule has 0 spiro atoms. The molecular formula is C56H68N2O10P2. The third kappa shape index (κ3) is 12.3. The second-order valence-electron chi connectivity index (χ2n) is 20.5. The van der Waals surface area contributed by atoms with E-state index >= 15 is 0 Å². The molecule has 0 heterocycles. The summed E-state index contributed by atoms with van der Waals surface area (Å²) in [7, 11) is -9.67. The fraction of sp³-hybridized carbons (Fsp3) is 0.357. The van der Waals surface area contributed by atoms with E-state index in [0.29, 0.717) is 75.9 Å². The van der Waals surface area contributed by atoms with E-state index in [1.807, 2.05) is 13.8 Å². The summed E-state index contributed by atoms with van der Waals surface area (Å²) in [6.45, 7) is 17.9.